The van der Waals surface area contributed by atoms with Gasteiger partial charge < -0.3 is 14.7 Å². The van der Waals surface area contributed by atoms with Gasteiger partial charge in [-0.15, -0.1) is 0 Å². The Morgan fingerprint density at radius 1 is 0.741 bits per heavy atom. The molecule has 2 heterocycles. The maximum atomic E-state index is 12.7. The Balaban J connectivity index is 1.29. The first kappa shape index (κ1) is 18.6. The molecule has 0 aromatic heterocycles. The van der Waals surface area contributed by atoms with Crippen molar-refractivity contribution < 1.29 is 4.79 Å². The summed E-state index contributed by atoms with van der Waals surface area (Å²) in [5.41, 5.74) is 2.66. The maximum Gasteiger partial charge on any atom is 0.225 e. The van der Waals surface area contributed by atoms with Crippen LogP contribution in [-0.2, 0) is 4.79 Å². The summed E-state index contributed by atoms with van der Waals surface area (Å²) in [6.07, 6.45) is 8.60. The van der Waals surface area contributed by atoms with Crippen molar-refractivity contribution in [3.05, 3.63) is 24.3 Å². The van der Waals surface area contributed by atoms with Crippen molar-refractivity contribution >= 4 is 17.3 Å². The smallest absolute Gasteiger partial charge is 0.225 e. The van der Waals surface area contributed by atoms with Crippen molar-refractivity contribution in [2.45, 2.75) is 51.9 Å². The van der Waals surface area contributed by atoms with Crippen LogP contribution in [0.25, 0.3) is 0 Å². The van der Waals surface area contributed by atoms with E-state index < -0.39 is 0 Å². The topological polar surface area (TPSA) is 26.8 Å². The number of piperidine rings is 1. The second-order valence-corrected chi connectivity index (χ2v) is 8.83. The lowest BCUT2D eigenvalue weighted by molar-refractivity contribution is -0.136. The highest BCUT2D eigenvalue weighted by Crippen LogP contribution is 2.28. The largest absolute Gasteiger partial charge is 0.372 e. The molecule has 1 aromatic rings. The molecule has 1 saturated carbocycles. The number of amides is 1. The predicted molar refractivity (Wildman–Crippen MR) is 112 cm³/mol. The summed E-state index contributed by atoms with van der Waals surface area (Å²) in [7, 11) is 0. The fourth-order valence-corrected chi connectivity index (χ4v) is 4.93. The van der Waals surface area contributed by atoms with E-state index in [0.717, 1.165) is 44.9 Å². The average molecular weight is 370 g/mol. The molecule has 4 rings (SSSR count). The minimum absolute atomic E-state index is 0.303. The Bertz CT molecular complexity index is 607. The quantitative estimate of drug-likeness (QED) is 0.801. The first-order valence-corrected chi connectivity index (χ1v) is 11.1. The molecule has 2 saturated heterocycles. The van der Waals surface area contributed by atoms with Crippen LogP contribution in [0.5, 0.6) is 0 Å². The summed E-state index contributed by atoms with van der Waals surface area (Å²) < 4.78 is 0. The first-order valence-electron chi connectivity index (χ1n) is 11.1. The summed E-state index contributed by atoms with van der Waals surface area (Å²) in [4.78, 5) is 19.8. The predicted octanol–water partition coefficient (Wildman–Crippen LogP) is 4.15. The number of carbonyl (C=O) groups is 1. The van der Waals surface area contributed by atoms with E-state index in [1.165, 1.54) is 56.6 Å². The zero-order valence-electron chi connectivity index (χ0n) is 16.9. The lowest BCUT2D eigenvalue weighted by Gasteiger charge is -2.38. The van der Waals surface area contributed by atoms with E-state index in [0.29, 0.717) is 11.8 Å². The van der Waals surface area contributed by atoms with Gasteiger partial charge in [-0.3, -0.25) is 4.79 Å². The average Bonchev–Trinajstić information content (AvgIpc) is 2.75. The van der Waals surface area contributed by atoms with Gasteiger partial charge in [0.2, 0.25) is 5.91 Å². The number of hydrogen-bond donors (Lipinski definition) is 0. The molecule has 0 N–H and O–H groups in total. The summed E-state index contributed by atoms with van der Waals surface area (Å²) >= 11 is 0. The molecule has 1 amide bonds. The fraction of sp³-hybridized carbons (Fsp3) is 0.696. The molecule has 2 aliphatic heterocycles. The van der Waals surface area contributed by atoms with Gasteiger partial charge >= 0.3 is 0 Å². The van der Waals surface area contributed by atoms with E-state index in [4.69, 9.17) is 0 Å². The maximum absolute atomic E-state index is 12.7. The highest BCUT2D eigenvalue weighted by atomic mass is 16.2. The zero-order valence-corrected chi connectivity index (χ0v) is 16.9. The summed E-state index contributed by atoms with van der Waals surface area (Å²) in [6.45, 7) is 8.39. The molecule has 0 radical (unpaired) electrons. The molecule has 0 atom stereocenters. The molecule has 27 heavy (non-hydrogen) atoms. The Morgan fingerprint density at radius 3 is 1.81 bits per heavy atom. The van der Waals surface area contributed by atoms with Crippen molar-refractivity contribution in [1.82, 2.24) is 4.90 Å². The van der Waals surface area contributed by atoms with Crippen LogP contribution in [0.1, 0.15) is 51.9 Å². The Morgan fingerprint density at radius 2 is 1.26 bits per heavy atom. The number of carbonyl (C=O) groups excluding carboxylic acids is 1. The van der Waals surface area contributed by atoms with Gasteiger partial charge in [0.05, 0.1) is 0 Å². The van der Waals surface area contributed by atoms with Gasteiger partial charge in [-0.05, 0) is 55.9 Å². The van der Waals surface area contributed by atoms with Crippen LogP contribution in [0.4, 0.5) is 11.4 Å². The van der Waals surface area contributed by atoms with Crippen LogP contribution in [0, 0.1) is 11.8 Å². The van der Waals surface area contributed by atoms with E-state index in [-0.39, 0.29) is 0 Å². The van der Waals surface area contributed by atoms with Crippen LogP contribution < -0.4 is 9.80 Å². The van der Waals surface area contributed by atoms with Crippen LogP contribution in [-0.4, -0.2) is 50.1 Å². The monoisotopic (exact) mass is 369 g/mol. The molecular formula is C23H35N3O. The molecular weight excluding hydrogens is 334 g/mol. The molecule has 0 spiro atoms. The van der Waals surface area contributed by atoms with Crippen molar-refractivity contribution in [1.29, 1.82) is 0 Å². The number of rotatable bonds is 3. The van der Waals surface area contributed by atoms with Crippen LogP contribution in [0.3, 0.4) is 0 Å². The molecule has 4 nitrogen and oxygen atoms in total. The minimum Gasteiger partial charge on any atom is -0.372 e. The summed E-state index contributed by atoms with van der Waals surface area (Å²) in [5, 5.41) is 0. The molecule has 148 valence electrons. The molecule has 1 aromatic carbocycles. The standard InChI is InChI=1S/C23H35N3O/c1-19-11-13-24(14-12-19)21-7-9-22(10-8-21)25-15-17-26(18-16-25)23(27)20-5-3-2-4-6-20/h7-10,19-20H,2-6,11-18H2,1H3. The molecule has 0 bridgehead atoms. The minimum atomic E-state index is 0.303. The molecule has 4 heteroatoms. The zero-order chi connectivity index (χ0) is 18.6. The van der Waals surface area contributed by atoms with Gasteiger partial charge in [0.15, 0.2) is 0 Å². The third-order valence-electron chi connectivity index (χ3n) is 6.91. The number of anilines is 2. The van der Waals surface area contributed by atoms with Crippen molar-refractivity contribution in [2.24, 2.45) is 11.8 Å². The van der Waals surface area contributed by atoms with E-state index in [1.807, 2.05) is 0 Å². The van der Waals surface area contributed by atoms with Gasteiger partial charge in [-0.25, -0.2) is 0 Å². The SMILES string of the molecule is CC1CCN(c2ccc(N3CCN(C(=O)C4CCCCC4)CC3)cc2)CC1. The third-order valence-corrected chi connectivity index (χ3v) is 6.91. The van der Waals surface area contributed by atoms with Crippen LogP contribution in [0.15, 0.2) is 24.3 Å². The van der Waals surface area contributed by atoms with Crippen LogP contribution in [0.2, 0.25) is 0 Å². The number of nitrogens with zero attached hydrogens (tertiary/aromatic N) is 3. The van der Waals surface area contributed by atoms with E-state index >= 15 is 0 Å². The summed E-state index contributed by atoms with van der Waals surface area (Å²) in [6, 6.07) is 9.10. The van der Waals surface area contributed by atoms with Crippen molar-refractivity contribution in [3.63, 3.8) is 0 Å². The number of piperazine rings is 1. The Hall–Kier alpha value is -1.71. The van der Waals surface area contributed by atoms with E-state index in [9.17, 15) is 4.79 Å². The molecule has 0 unspecified atom stereocenters. The van der Waals surface area contributed by atoms with Gasteiger partial charge in [-0.1, -0.05) is 26.2 Å². The van der Waals surface area contributed by atoms with Crippen molar-refractivity contribution in [3.8, 4) is 0 Å². The molecule has 3 fully saturated rings. The van der Waals surface area contributed by atoms with Gasteiger partial charge in [0, 0.05) is 56.6 Å². The van der Waals surface area contributed by atoms with E-state index in [1.54, 1.807) is 0 Å². The lowest BCUT2D eigenvalue weighted by Crippen LogP contribution is -2.50. The Kier molecular flexibility index (Phi) is 5.89. The summed E-state index contributed by atoms with van der Waals surface area (Å²) in [5.74, 6) is 1.59. The normalized spacial score (nSPS) is 22.9. The first-order chi connectivity index (χ1) is 13.2. The Labute approximate surface area is 164 Å². The third kappa shape index (κ3) is 4.41. The van der Waals surface area contributed by atoms with Crippen LogP contribution >= 0.6 is 0 Å². The fourth-order valence-electron chi connectivity index (χ4n) is 4.93. The molecule has 3 aliphatic rings. The van der Waals surface area contributed by atoms with Gasteiger partial charge in [0.25, 0.3) is 0 Å². The van der Waals surface area contributed by atoms with Gasteiger partial charge in [0.1, 0.15) is 0 Å². The highest BCUT2D eigenvalue weighted by molar-refractivity contribution is 5.79. The van der Waals surface area contributed by atoms with E-state index in [2.05, 4.69) is 45.9 Å². The highest BCUT2D eigenvalue weighted by Gasteiger charge is 2.28. The second-order valence-electron chi connectivity index (χ2n) is 8.83. The number of hydrogen-bond acceptors (Lipinski definition) is 3. The number of benzene rings is 1. The second kappa shape index (κ2) is 8.53. The van der Waals surface area contributed by atoms with Crippen molar-refractivity contribution in [2.75, 3.05) is 49.1 Å². The lowest BCUT2D eigenvalue weighted by atomic mass is 9.88. The molecule has 1 aliphatic carbocycles. The van der Waals surface area contributed by atoms with Gasteiger partial charge in [-0.2, -0.15) is 0 Å².